The third-order valence-corrected chi connectivity index (χ3v) is 5.40. The predicted molar refractivity (Wildman–Crippen MR) is 120 cm³/mol. The van der Waals surface area contributed by atoms with Gasteiger partial charge in [-0.05, 0) is 41.5 Å². The molecular formula is C24H16N4O4. The van der Waals surface area contributed by atoms with Crippen LogP contribution in [0.1, 0.15) is 10.4 Å². The molecule has 0 saturated heterocycles. The van der Waals surface area contributed by atoms with E-state index in [4.69, 9.17) is 4.74 Å². The summed E-state index contributed by atoms with van der Waals surface area (Å²) in [6, 6.07) is 15.5. The second kappa shape index (κ2) is 7.59. The number of nitro groups is 1. The van der Waals surface area contributed by atoms with Crippen molar-refractivity contribution in [3.05, 3.63) is 88.9 Å². The molecule has 5 aromatic rings. The number of benzene rings is 2. The lowest BCUT2D eigenvalue weighted by molar-refractivity contribution is -0.384. The molecule has 0 fully saturated rings. The Morgan fingerprint density at radius 1 is 1.03 bits per heavy atom. The summed E-state index contributed by atoms with van der Waals surface area (Å²) in [6.45, 7) is 0. The minimum Gasteiger partial charge on any atom is -0.465 e. The van der Waals surface area contributed by atoms with Gasteiger partial charge in [-0.1, -0.05) is 12.1 Å². The molecular weight excluding hydrogens is 408 g/mol. The predicted octanol–water partition coefficient (Wildman–Crippen LogP) is 5.14. The maximum atomic E-state index is 11.8. The number of ether oxygens (including phenoxy) is 1. The number of hydrogen-bond acceptors (Lipinski definition) is 6. The first-order valence-electron chi connectivity index (χ1n) is 9.75. The summed E-state index contributed by atoms with van der Waals surface area (Å²) in [5, 5.41) is 12.9. The largest absolute Gasteiger partial charge is 0.465 e. The number of H-pyrrole nitrogens is 1. The van der Waals surface area contributed by atoms with Gasteiger partial charge in [-0.3, -0.25) is 15.1 Å². The lowest BCUT2D eigenvalue weighted by atomic mass is 9.93. The number of non-ortho nitro benzene ring substituents is 1. The van der Waals surface area contributed by atoms with Gasteiger partial charge in [0, 0.05) is 58.1 Å². The minimum atomic E-state index is -0.413. The van der Waals surface area contributed by atoms with Gasteiger partial charge < -0.3 is 9.72 Å². The van der Waals surface area contributed by atoms with Gasteiger partial charge in [-0.15, -0.1) is 0 Å². The van der Waals surface area contributed by atoms with Gasteiger partial charge in [-0.2, -0.15) is 0 Å². The molecule has 3 heterocycles. The van der Waals surface area contributed by atoms with E-state index in [1.54, 1.807) is 42.9 Å². The van der Waals surface area contributed by atoms with Crippen LogP contribution in [0.5, 0.6) is 0 Å². The third kappa shape index (κ3) is 3.14. The van der Waals surface area contributed by atoms with Gasteiger partial charge in [0.1, 0.15) is 5.65 Å². The summed E-state index contributed by atoms with van der Waals surface area (Å²) in [4.78, 5) is 34.8. The third-order valence-electron chi connectivity index (χ3n) is 5.40. The molecule has 1 N–H and O–H groups in total. The molecule has 0 unspecified atom stereocenters. The van der Waals surface area contributed by atoms with Crippen LogP contribution < -0.4 is 0 Å². The standard InChI is InChI=1S/C24H16N4O4/c1-32-24(29)16-4-2-14(3-5-16)19-13-26-23-22(21(19)15-8-10-25-11-9-15)18-12-17(28(30)31)6-7-20(18)27-23/h2-13H,1H3,(H,26,27). The number of rotatable bonds is 4. The number of methoxy groups -OCH3 is 1. The second-order valence-corrected chi connectivity index (χ2v) is 7.19. The van der Waals surface area contributed by atoms with Crippen LogP contribution >= 0.6 is 0 Å². The van der Waals surface area contributed by atoms with Crippen molar-refractivity contribution in [1.29, 1.82) is 0 Å². The number of aromatic amines is 1. The van der Waals surface area contributed by atoms with Crippen LogP contribution in [0, 0.1) is 10.1 Å². The van der Waals surface area contributed by atoms with E-state index >= 15 is 0 Å². The van der Waals surface area contributed by atoms with E-state index in [0.29, 0.717) is 16.6 Å². The van der Waals surface area contributed by atoms with Crippen LogP contribution in [0.2, 0.25) is 0 Å². The van der Waals surface area contributed by atoms with Gasteiger partial charge >= 0.3 is 5.97 Å². The van der Waals surface area contributed by atoms with Crippen molar-refractivity contribution < 1.29 is 14.5 Å². The minimum absolute atomic E-state index is 0.00640. The van der Waals surface area contributed by atoms with Gasteiger partial charge in [0.25, 0.3) is 5.69 Å². The van der Waals surface area contributed by atoms with E-state index in [0.717, 1.165) is 33.2 Å². The summed E-state index contributed by atoms with van der Waals surface area (Å²) in [6.07, 6.45) is 5.15. The quantitative estimate of drug-likeness (QED) is 0.243. The van der Waals surface area contributed by atoms with Crippen LogP contribution in [0.3, 0.4) is 0 Å². The fourth-order valence-electron chi connectivity index (χ4n) is 3.90. The smallest absolute Gasteiger partial charge is 0.337 e. The number of hydrogen-bond donors (Lipinski definition) is 1. The number of fused-ring (bicyclic) bond motifs is 3. The topological polar surface area (TPSA) is 111 Å². The van der Waals surface area contributed by atoms with Crippen LogP contribution in [-0.2, 0) is 4.74 Å². The normalized spacial score (nSPS) is 11.0. The van der Waals surface area contributed by atoms with Gasteiger partial charge in [0.15, 0.2) is 0 Å². The van der Waals surface area contributed by atoms with E-state index in [-0.39, 0.29) is 5.69 Å². The molecule has 0 radical (unpaired) electrons. The number of esters is 1. The number of pyridine rings is 2. The fourth-order valence-corrected chi connectivity index (χ4v) is 3.90. The van der Waals surface area contributed by atoms with E-state index in [9.17, 15) is 14.9 Å². The zero-order valence-electron chi connectivity index (χ0n) is 16.9. The Morgan fingerprint density at radius 3 is 2.47 bits per heavy atom. The number of carbonyl (C=O) groups is 1. The van der Waals surface area contributed by atoms with Gasteiger partial charge in [0.05, 0.1) is 17.6 Å². The summed E-state index contributed by atoms with van der Waals surface area (Å²) >= 11 is 0. The monoisotopic (exact) mass is 424 g/mol. The first-order chi connectivity index (χ1) is 15.6. The molecule has 0 spiro atoms. The highest BCUT2D eigenvalue weighted by Gasteiger charge is 2.19. The Morgan fingerprint density at radius 2 is 1.78 bits per heavy atom. The Hall–Kier alpha value is -4.59. The van der Waals surface area contributed by atoms with Crippen molar-refractivity contribution in [3.8, 4) is 22.3 Å². The number of nitrogens with one attached hydrogen (secondary N) is 1. The van der Waals surface area contributed by atoms with Crippen molar-refractivity contribution in [2.45, 2.75) is 0 Å². The van der Waals surface area contributed by atoms with Crippen LogP contribution in [0.25, 0.3) is 44.2 Å². The highest BCUT2D eigenvalue weighted by molar-refractivity contribution is 6.16. The number of nitrogens with zero attached hydrogens (tertiary/aromatic N) is 3. The molecule has 3 aromatic heterocycles. The van der Waals surface area contributed by atoms with E-state index in [2.05, 4.69) is 15.0 Å². The van der Waals surface area contributed by atoms with Crippen molar-refractivity contribution >= 4 is 33.6 Å². The number of aromatic nitrogens is 3. The maximum absolute atomic E-state index is 11.8. The second-order valence-electron chi connectivity index (χ2n) is 7.19. The first-order valence-corrected chi connectivity index (χ1v) is 9.75. The van der Waals surface area contributed by atoms with Gasteiger partial charge in [0.2, 0.25) is 0 Å². The van der Waals surface area contributed by atoms with E-state index in [1.807, 2.05) is 24.3 Å². The average molecular weight is 424 g/mol. The summed E-state index contributed by atoms with van der Waals surface area (Å²) in [5.41, 5.74) is 5.27. The molecule has 156 valence electrons. The van der Waals surface area contributed by atoms with Crippen LogP contribution in [0.4, 0.5) is 5.69 Å². The summed E-state index contributed by atoms with van der Waals surface area (Å²) < 4.78 is 4.78. The Kier molecular flexibility index (Phi) is 4.59. The molecule has 0 atom stereocenters. The molecule has 0 aliphatic carbocycles. The molecule has 32 heavy (non-hydrogen) atoms. The highest BCUT2D eigenvalue weighted by atomic mass is 16.6. The molecule has 8 nitrogen and oxygen atoms in total. The molecule has 5 rings (SSSR count). The summed E-state index contributed by atoms with van der Waals surface area (Å²) in [7, 11) is 1.34. The molecule has 0 saturated carbocycles. The Balaban J connectivity index is 1.83. The maximum Gasteiger partial charge on any atom is 0.337 e. The Bertz CT molecular complexity index is 1490. The van der Waals surface area contributed by atoms with E-state index < -0.39 is 10.9 Å². The number of carbonyl (C=O) groups excluding carboxylic acids is 1. The lowest BCUT2D eigenvalue weighted by Crippen LogP contribution is -2.00. The lowest BCUT2D eigenvalue weighted by Gasteiger charge is -2.12. The fraction of sp³-hybridized carbons (Fsp3) is 0.0417. The average Bonchev–Trinajstić information content (AvgIpc) is 3.21. The van der Waals surface area contributed by atoms with Crippen LogP contribution in [-0.4, -0.2) is 33.0 Å². The zero-order valence-corrected chi connectivity index (χ0v) is 16.9. The molecule has 0 amide bonds. The highest BCUT2D eigenvalue weighted by Crippen LogP contribution is 2.41. The molecule has 2 aromatic carbocycles. The van der Waals surface area contributed by atoms with E-state index in [1.165, 1.54) is 13.2 Å². The Labute approximate surface area is 181 Å². The van der Waals surface area contributed by atoms with Crippen LogP contribution in [0.15, 0.2) is 73.2 Å². The molecule has 0 aliphatic heterocycles. The van der Waals surface area contributed by atoms with Crippen molar-refractivity contribution in [1.82, 2.24) is 15.0 Å². The first kappa shape index (κ1) is 19.4. The van der Waals surface area contributed by atoms with Crippen molar-refractivity contribution in [3.63, 3.8) is 0 Å². The van der Waals surface area contributed by atoms with Crippen molar-refractivity contribution in [2.24, 2.45) is 0 Å². The molecule has 0 aliphatic rings. The molecule has 8 heteroatoms. The molecule has 0 bridgehead atoms. The SMILES string of the molecule is COC(=O)c1ccc(-c2cnc3[nH]c4ccc([N+](=O)[O-])cc4c3c2-c2ccncc2)cc1. The summed E-state index contributed by atoms with van der Waals surface area (Å²) in [5.74, 6) is -0.413. The van der Waals surface area contributed by atoms with Crippen molar-refractivity contribution in [2.75, 3.05) is 7.11 Å². The number of nitro benzene ring substituents is 1. The zero-order chi connectivity index (χ0) is 22.2. The van der Waals surface area contributed by atoms with Gasteiger partial charge in [-0.25, -0.2) is 9.78 Å².